The zero-order chi connectivity index (χ0) is 10.9. The molecule has 0 aliphatic rings. The maximum absolute atomic E-state index is 4.08. The highest BCUT2D eigenvalue weighted by molar-refractivity contribution is 5.41. The van der Waals surface area contributed by atoms with E-state index in [0.29, 0.717) is 0 Å². The molecule has 1 rings (SSSR count). The lowest BCUT2D eigenvalue weighted by molar-refractivity contribution is 0.586. The Bertz CT molecular complexity index is 426. The molecule has 0 amide bonds. The molecule has 0 atom stereocenters. The van der Waals surface area contributed by atoms with E-state index in [1.165, 1.54) is 16.4 Å². The number of rotatable bonds is 0. The van der Waals surface area contributed by atoms with E-state index in [9.17, 15) is 0 Å². The van der Waals surface area contributed by atoms with Crippen LogP contribution in [0.15, 0.2) is 18.2 Å². The van der Waals surface area contributed by atoms with Gasteiger partial charge in [-0.2, -0.15) is 0 Å². The first-order valence-electron chi connectivity index (χ1n) is 5.09. The standard InChI is InChI=1S/C14H20/c1-10(2)12-8-7-11(3)13(9-12)14(4,5)6/h7-9H,3H2,1-2,4-6H3. The number of hydrogen-bond acceptors (Lipinski definition) is 0. The average Bonchev–Trinajstić information content (AvgIpc) is 2.02. The van der Waals surface area contributed by atoms with E-state index >= 15 is 0 Å². The number of benzene rings is 1. The van der Waals surface area contributed by atoms with Crippen molar-refractivity contribution in [3.63, 3.8) is 0 Å². The molecule has 0 spiro atoms. The third-order valence-corrected chi connectivity index (χ3v) is 2.50. The molecule has 0 heterocycles. The molecule has 1 aromatic rings. The lowest BCUT2D eigenvalue weighted by Gasteiger charge is -2.19. The molecular weight excluding hydrogens is 168 g/mol. The Labute approximate surface area is 87.0 Å². The second-order valence-electron chi connectivity index (χ2n) is 5.12. The monoisotopic (exact) mass is 188 g/mol. The highest BCUT2D eigenvalue weighted by Crippen LogP contribution is 2.16. The minimum absolute atomic E-state index is 0.183. The summed E-state index contributed by atoms with van der Waals surface area (Å²) in [6, 6.07) is 6.52. The van der Waals surface area contributed by atoms with Crippen molar-refractivity contribution in [2.45, 2.75) is 40.0 Å². The fourth-order valence-corrected chi connectivity index (χ4v) is 1.59. The summed E-state index contributed by atoms with van der Waals surface area (Å²) in [4.78, 5) is 0. The molecule has 0 nitrogen and oxygen atoms in total. The SMILES string of the molecule is C=c1ccc(=C(C)C)cc1C(C)(C)C. The average molecular weight is 188 g/mol. The first-order chi connectivity index (χ1) is 6.32. The quantitative estimate of drug-likeness (QED) is 0.587. The van der Waals surface area contributed by atoms with E-state index in [-0.39, 0.29) is 5.41 Å². The van der Waals surface area contributed by atoms with Crippen LogP contribution in [0.4, 0.5) is 0 Å². The van der Waals surface area contributed by atoms with Gasteiger partial charge in [0.15, 0.2) is 0 Å². The Kier molecular flexibility index (Phi) is 2.84. The van der Waals surface area contributed by atoms with E-state index in [1.54, 1.807) is 0 Å². The smallest absolute Gasteiger partial charge is 0.0126 e. The summed E-state index contributed by atoms with van der Waals surface area (Å²) in [5.74, 6) is 0. The summed E-state index contributed by atoms with van der Waals surface area (Å²) in [6.07, 6.45) is 0. The van der Waals surface area contributed by atoms with E-state index in [2.05, 4.69) is 59.4 Å². The van der Waals surface area contributed by atoms with Crippen LogP contribution in [0.3, 0.4) is 0 Å². The third kappa shape index (κ3) is 2.25. The van der Waals surface area contributed by atoms with Crippen molar-refractivity contribution in [3.05, 3.63) is 34.2 Å². The molecule has 0 heteroatoms. The second-order valence-corrected chi connectivity index (χ2v) is 5.12. The second kappa shape index (κ2) is 3.61. The largest absolute Gasteiger partial charge is 0.0915 e. The molecule has 76 valence electrons. The molecule has 0 unspecified atom stereocenters. The topological polar surface area (TPSA) is 0 Å². The molecule has 0 radical (unpaired) electrons. The minimum Gasteiger partial charge on any atom is -0.0915 e. The molecule has 0 saturated carbocycles. The van der Waals surface area contributed by atoms with Crippen LogP contribution >= 0.6 is 0 Å². The van der Waals surface area contributed by atoms with E-state index in [4.69, 9.17) is 0 Å². The molecule has 14 heavy (non-hydrogen) atoms. The Balaban J connectivity index is 3.54. The Hall–Kier alpha value is -1.04. The van der Waals surface area contributed by atoms with Gasteiger partial charge in [0, 0.05) is 0 Å². The first-order valence-corrected chi connectivity index (χ1v) is 5.09. The lowest BCUT2D eigenvalue weighted by Crippen LogP contribution is -2.25. The van der Waals surface area contributed by atoms with E-state index < -0.39 is 0 Å². The van der Waals surface area contributed by atoms with Crippen LogP contribution in [0.1, 0.15) is 40.2 Å². The van der Waals surface area contributed by atoms with Crippen LogP contribution in [-0.2, 0) is 5.41 Å². The summed E-state index contributed by atoms with van der Waals surface area (Å²) in [7, 11) is 0. The van der Waals surface area contributed by atoms with Gasteiger partial charge in [-0.1, -0.05) is 51.1 Å². The fraction of sp³-hybridized carbons (Fsp3) is 0.429. The summed E-state index contributed by atoms with van der Waals surface area (Å²) in [5.41, 5.74) is 2.88. The van der Waals surface area contributed by atoms with Gasteiger partial charge in [-0.05, 0) is 35.3 Å². The van der Waals surface area contributed by atoms with Crippen molar-refractivity contribution in [2.24, 2.45) is 0 Å². The molecule has 0 fully saturated rings. The molecule has 0 bridgehead atoms. The Morgan fingerprint density at radius 2 is 1.71 bits per heavy atom. The van der Waals surface area contributed by atoms with Crippen molar-refractivity contribution in [2.75, 3.05) is 0 Å². The summed E-state index contributed by atoms with van der Waals surface area (Å²) in [5, 5.41) is 2.46. The van der Waals surface area contributed by atoms with Gasteiger partial charge in [0.2, 0.25) is 0 Å². The molecule has 0 aliphatic carbocycles. The van der Waals surface area contributed by atoms with E-state index in [1.807, 2.05) is 0 Å². The third-order valence-electron chi connectivity index (χ3n) is 2.50. The molecule has 1 aromatic carbocycles. The van der Waals surface area contributed by atoms with Gasteiger partial charge in [-0.15, -0.1) is 0 Å². The van der Waals surface area contributed by atoms with Crippen molar-refractivity contribution in [1.29, 1.82) is 0 Å². The van der Waals surface area contributed by atoms with Gasteiger partial charge in [0.25, 0.3) is 0 Å². The number of hydrogen-bond donors (Lipinski definition) is 0. The van der Waals surface area contributed by atoms with Crippen molar-refractivity contribution < 1.29 is 0 Å². The zero-order valence-corrected chi connectivity index (χ0v) is 9.94. The van der Waals surface area contributed by atoms with Crippen molar-refractivity contribution >= 4 is 12.2 Å². The summed E-state index contributed by atoms with van der Waals surface area (Å²) >= 11 is 0. The van der Waals surface area contributed by atoms with Gasteiger partial charge in [-0.25, -0.2) is 0 Å². The lowest BCUT2D eigenvalue weighted by atomic mass is 9.85. The zero-order valence-electron chi connectivity index (χ0n) is 9.94. The van der Waals surface area contributed by atoms with Gasteiger partial charge in [0.05, 0.1) is 0 Å². The molecular formula is C14H20. The van der Waals surface area contributed by atoms with Crippen LogP contribution in [0, 0.1) is 0 Å². The molecule has 0 aromatic heterocycles. The van der Waals surface area contributed by atoms with Crippen LogP contribution < -0.4 is 10.4 Å². The van der Waals surface area contributed by atoms with Crippen molar-refractivity contribution in [1.82, 2.24) is 0 Å². The Morgan fingerprint density at radius 1 is 1.14 bits per heavy atom. The van der Waals surface area contributed by atoms with Gasteiger partial charge >= 0.3 is 0 Å². The molecule has 0 aliphatic heterocycles. The van der Waals surface area contributed by atoms with Crippen LogP contribution in [-0.4, -0.2) is 0 Å². The van der Waals surface area contributed by atoms with Crippen molar-refractivity contribution in [3.8, 4) is 0 Å². The normalized spacial score (nSPS) is 11.5. The fourth-order valence-electron chi connectivity index (χ4n) is 1.59. The highest BCUT2D eigenvalue weighted by atomic mass is 14.2. The van der Waals surface area contributed by atoms with E-state index in [0.717, 1.165) is 5.22 Å². The maximum atomic E-state index is 4.08. The van der Waals surface area contributed by atoms with Crippen LogP contribution in [0.5, 0.6) is 0 Å². The maximum Gasteiger partial charge on any atom is -0.0126 e. The minimum atomic E-state index is 0.183. The summed E-state index contributed by atoms with van der Waals surface area (Å²) in [6.45, 7) is 15.0. The molecule has 0 N–H and O–H groups in total. The first kappa shape index (κ1) is 11.0. The molecule has 0 saturated heterocycles. The van der Waals surface area contributed by atoms with Crippen LogP contribution in [0.25, 0.3) is 12.2 Å². The van der Waals surface area contributed by atoms with Gasteiger partial charge in [0.1, 0.15) is 0 Å². The predicted molar refractivity (Wildman–Crippen MR) is 64.7 cm³/mol. The van der Waals surface area contributed by atoms with Crippen LogP contribution in [0.2, 0.25) is 0 Å². The van der Waals surface area contributed by atoms with Gasteiger partial charge < -0.3 is 0 Å². The Morgan fingerprint density at radius 3 is 2.14 bits per heavy atom. The summed E-state index contributed by atoms with van der Waals surface area (Å²) < 4.78 is 0. The highest BCUT2D eigenvalue weighted by Gasteiger charge is 2.13. The predicted octanol–water partition coefficient (Wildman–Crippen LogP) is 2.58. The van der Waals surface area contributed by atoms with Gasteiger partial charge in [-0.3, -0.25) is 0 Å².